The number of rotatable bonds is 8. The second kappa shape index (κ2) is 11.5. The fourth-order valence-corrected chi connectivity index (χ4v) is 5.85. The molecule has 1 aromatic carbocycles. The highest BCUT2D eigenvalue weighted by Gasteiger charge is 2.66. The molecule has 0 unspecified atom stereocenters. The van der Waals surface area contributed by atoms with E-state index in [4.69, 9.17) is 15.2 Å². The Morgan fingerprint density at radius 3 is 2.41 bits per heavy atom. The minimum atomic E-state index is -1.97. The van der Waals surface area contributed by atoms with Gasteiger partial charge in [0.25, 0.3) is 11.6 Å². The zero-order chi connectivity index (χ0) is 30.1. The first-order valence-electron chi connectivity index (χ1n) is 12.2. The van der Waals surface area contributed by atoms with Gasteiger partial charge in [0.1, 0.15) is 22.9 Å². The molecule has 3 atom stereocenters. The number of likely N-dealkylation sites (N-methyl/N-ethyl adjacent to an activating group) is 1. The first kappa shape index (κ1) is 29.3. The number of aliphatic carboxylic acids is 1. The van der Waals surface area contributed by atoms with E-state index in [2.05, 4.69) is 10.6 Å². The van der Waals surface area contributed by atoms with E-state index in [1.807, 2.05) is 0 Å². The van der Waals surface area contributed by atoms with E-state index in [0.717, 1.165) is 23.8 Å². The van der Waals surface area contributed by atoms with E-state index in [1.165, 1.54) is 35.2 Å². The molecular formula is C24H26N6O10S. The Labute approximate surface area is 236 Å². The Hall–Kier alpha value is -4.64. The lowest BCUT2D eigenvalue weighted by Gasteiger charge is -2.55. The number of nitrogens with two attached hydrogens (primary N) is 1. The third-order valence-electron chi connectivity index (χ3n) is 6.66. The van der Waals surface area contributed by atoms with E-state index in [-0.39, 0.29) is 42.4 Å². The average molecular weight is 591 g/mol. The van der Waals surface area contributed by atoms with Gasteiger partial charge in [-0.05, 0) is 30.7 Å². The maximum atomic E-state index is 13.7. The SMILES string of the molecule is CCN1CCN(C(=O)N[C@H](C(=O)N[C@]2(OC)C(=O)N3C(C(=O)O)=CCS[C@H]32)c2ccc(OC(N)=O)cc2)C(=O)C1=O. The molecule has 16 nitrogen and oxygen atoms in total. The normalized spacial score (nSPS) is 22.7. The average Bonchev–Trinajstić information content (AvgIpc) is 2.95. The Morgan fingerprint density at radius 1 is 1.15 bits per heavy atom. The van der Waals surface area contributed by atoms with Gasteiger partial charge in [-0.1, -0.05) is 12.1 Å². The van der Waals surface area contributed by atoms with Gasteiger partial charge in [-0.25, -0.2) is 14.4 Å². The molecule has 0 aliphatic carbocycles. The number of hydrogen-bond donors (Lipinski definition) is 4. The molecule has 0 bridgehead atoms. The lowest BCUT2D eigenvalue weighted by Crippen LogP contribution is -2.80. The molecule has 5 N–H and O–H groups in total. The van der Waals surface area contributed by atoms with E-state index < -0.39 is 58.9 Å². The summed E-state index contributed by atoms with van der Waals surface area (Å²) in [6, 6.07) is 2.66. The van der Waals surface area contributed by atoms with Crippen molar-refractivity contribution in [2.24, 2.45) is 5.73 Å². The summed E-state index contributed by atoms with van der Waals surface area (Å²) in [5, 5.41) is 13.4. The van der Waals surface area contributed by atoms with Crippen LogP contribution in [-0.2, 0) is 28.7 Å². The summed E-state index contributed by atoms with van der Waals surface area (Å²) >= 11 is 1.15. The van der Waals surface area contributed by atoms with Crippen LogP contribution >= 0.6 is 11.8 Å². The third kappa shape index (κ3) is 5.28. The zero-order valence-corrected chi connectivity index (χ0v) is 22.6. The number of carboxylic acids is 1. The van der Waals surface area contributed by atoms with Gasteiger partial charge in [0.05, 0.1) is 0 Å². The van der Waals surface area contributed by atoms with Crippen LogP contribution in [-0.4, -0.2) is 105 Å². The van der Waals surface area contributed by atoms with E-state index in [9.17, 15) is 38.7 Å². The molecule has 17 heteroatoms. The van der Waals surface area contributed by atoms with Crippen molar-refractivity contribution in [1.29, 1.82) is 0 Å². The fourth-order valence-electron chi connectivity index (χ4n) is 4.57. The van der Waals surface area contributed by atoms with Gasteiger partial charge < -0.3 is 35.8 Å². The highest BCUT2D eigenvalue weighted by molar-refractivity contribution is 8.00. The number of primary amides is 1. The number of β-lactam (4-membered cyclic amide) rings is 1. The Morgan fingerprint density at radius 2 is 1.83 bits per heavy atom. The van der Waals surface area contributed by atoms with Gasteiger partial charge in [-0.2, -0.15) is 0 Å². The lowest BCUT2D eigenvalue weighted by molar-refractivity contribution is -0.192. The summed E-state index contributed by atoms with van der Waals surface area (Å²) in [6.07, 6.45) is 0.280. The molecule has 4 rings (SSSR count). The number of ether oxygens (including phenoxy) is 2. The monoisotopic (exact) mass is 590 g/mol. The molecule has 0 spiro atoms. The summed E-state index contributed by atoms with van der Waals surface area (Å²) in [6.45, 7) is 1.93. The zero-order valence-electron chi connectivity index (χ0n) is 21.8. The number of imide groups is 1. The summed E-state index contributed by atoms with van der Waals surface area (Å²) in [4.78, 5) is 90.5. The van der Waals surface area contributed by atoms with Crippen molar-refractivity contribution in [3.8, 4) is 5.75 Å². The van der Waals surface area contributed by atoms with Gasteiger partial charge in [-0.3, -0.25) is 29.0 Å². The molecule has 0 aromatic heterocycles. The Kier molecular flexibility index (Phi) is 8.20. The number of piperazine rings is 1. The molecule has 41 heavy (non-hydrogen) atoms. The van der Waals surface area contributed by atoms with Crippen molar-refractivity contribution in [2.75, 3.05) is 32.5 Å². The summed E-state index contributed by atoms with van der Waals surface area (Å²) < 4.78 is 10.2. The van der Waals surface area contributed by atoms with Crippen molar-refractivity contribution in [2.45, 2.75) is 24.1 Å². The minimum absolute atomic E-state index is 0.0352. The van der Waals surface area contributed by atoms with E-state index in [0.29, 0.717) is 4.90 Å². The number of amides is 7. The van der Waals surface area contributed by atoms with Crippen LogP contribution in [0.2, 0.25) is 0 Å². The number of urea groups is 1. The number of benzene rings is 1. The maximum Gasteiger partial charge on any atom is 0.409 e. The van der Waals surface area contributed by atoms with Crippen LogP contribution in [0.4, 0.5) is 9.59 Å². The number of carbonyl (C=O) groups is 7. The summed E-state index contributed by atoms with van der Waals surface area (Å²) in [5.41, 5.74) is 2.93. The van der Waals surface area contributed by atoms with Crippen LogP contribution in [0, 0.1) is 0 Å². The molecule has 1 aromatic rings. The number of nitrogens with zero attached hydrogens (tertiary/aromatic N) is 3. The number of methoxy groups -OCH3 is 1. The van der Waals surface area contributed by atoms with Crippen LogP contribution in [0.5, 0.6) is 5.75 Å². The van der Waals surface area contributed by atoms with E-state index in [1.54, 1.807) is 6.92 Å². The number of fused-ring (bicyclic) bond motifs is 1. The van der Waals surface area contributed by atoms with Crippen molar-refractivity contribution < 1.29 is 48.1 Å². The van der Waals surface area contributed by atoms with Gasteiger partial charge in [0.15, 0.2) is 0 Å². The lowest BCUT2D eigenvalue weighted by atomic mass is 9.98. The van der Waals surface area contributed by atoms with Crippen LogP contribution in [0.1, 0.15) is 18.5 Å². The van der Waals surface area contributed by atoms with E-state index >= 15 is 0 Å². The second-order valence-corrected chi connectivity index (χ2v) is 10.0. The highest BCUT2D eigenvalue weighted by atomic mass is 32.2. The fraction of sp³-hybridized carbons (Fsp3) is 0.375. The predicted molar refractivity (Wildman–Crippen MR) is 139 cm³/mol. The summed E-state index contributed by atoms with van der Waals surface area (Å²) in [5.74, 6) is -4.82. The van der Waals surface area contributed by atoms with Gasteiger partial charge in [0.2, 0.25) is 5.91 Å². The first-order chi connectivity index (χ1) is 19.4. The standard InChI is InChI=1S/C24H26N6O10S/c1-3-28-9-10-29(18(33)17(28)32)23(38)26-15(12-4-6-13(7-5-12)40-22(25)37)16(31)27-24(39-2)20(36)30-14(19(34)35)8-11-41-21(24)30/h4-8,15,21H,3,9-11H2,1-2H3,(H2,25,37)(H,26,38)(H,27,31)(H,34,35)/t15-,21-,24-/m0/s1. The smallest absolute Gasteiger partial charge is 0.409 e. The quantitative estimate of drug-likeness (QED) is 0.162. The predicted octanol–water partition coefficient (Wildman–Crippen LogP) is -1.07. The molecule has 2 saturated heterocycles. The van der Waals surface area contributed by atoms with Crippen LogP contribution in [0.15, 0.2) is 36.0 Å². The number of thioether (sulfide) groups is 1. The minimum Gasteiger partial charge on any atom is -0.477 e. The number of hydrogen-bond acceptors (Lipinski definition) is 10. The topological polar surface area (TPSA) is 218 Å². The van der Waals surface area contributed by atoms with Crippen molar-refractivity contribution in [3.05, 3.63) is 41.6 Å². The van der Waals surface area contributed by atoms with Crippen LogP contribution in [0.3, 0.4) is 0 Å². The molecule has 3 aliphatic heterocycles. The van der Waals surface area contributed by atoms with Crippen LogP contribution in [0.25, 0.3) is 0 Å². The third-order valence-corrected chi connectivity index (χ3v) is 7.87. The molecule has 0 radical (unpaired) electrons. The Bertz CT molecular complexity index is 1350. The molecule has 3 heterocycles. The molecule has 7 amide bonds. The summed E-state index contributed by atoms with van der Waals surface area (Å²) in [7, 11) is 1.16. The molecule has 218 valence electrons. The second-order valence-electron chi connectivity index (χ2n) is 8.90. The molecule has 2 fully saturated rings. The number of carboxylic acid groups (broad SMARTS) is 1. The van der Waals surface area contributed by atoms with Gasteiger partial charge >= 0.3 is 29.9 Å². The molecule has 0 saturated carbocycles. The Balaban J connectivity index is 1.61. The van der Waals surface area contributed by atoms with Crippen LogP contribution < -0.4 is 21.1 Å². The first-order valence-corrected chi connectivity index (χ1v) is 13.2. The number of nitrogens with one attached hydrogen (secondary N) is 2. The van der Waals surface area contributed by atoms with Crippen molar-refractivity contribution >= 4 is 53.5 Å². The largest absolute Gasteiger partial charge is 0.477 e. The maximum absolute atomic E-state index is 13.7. The highest BCUT2D eigenvalue weighted by Crippen LogP contribution is 2.44. The molecule has 3 aliphatic rings. The van der Waals surface area contributed by atoms with Crippen molar-refractivity contribution in [1.82, 2.24) is 25.3 Å². The van der Waals surface area contributed by atoms with Gasteiger partial charge in [-0.15, -0.1) is 11.8 Å². The van der Waals surface area contributed by atoms with Crippen molar-refractivity contribution in [3.63, 3.8) is 0 Å². The number of carbonyl (C=O) groups excluding carboxylic acids is 6. The van der Waals surface area contributed by atoms with Gasteiger partial charge in [0, 0.05) is 32.5 Å². The molecular weight excluding hydrogens is 564 g/mol.